The van der Waals surface area contributed by atoms with Crippen molar-refractivity contribution < 1.29 is 5.11 Å². The Balaban J connectivity index is 2.61. The maximum Gasteiger partial charge on any atom is 0.120 e. The molecule has 1 unspecified atom stereocenters. The summed E-state index contributed by atoms with van der Waals surface area (Å²) in [5, 5.41) is 13.1. The highest BCUT2D eigenvalue weighted by Crippen LogP contribution is 2.18. The molecule has 0 fully saturated rings. The van der Waals surface area contributed by atoms with Crippen LogP contribution in [0.1, 0.15) is 31.9 Å². The van der Waals surface area contributed by atoms with E-state index in [4.69, 9.17) is 0 Å². The van der Waals surface area contributed by atoms with Crippen molar-refractivity contribution in [2.45, 2.75) is 40.3 Å². The van der Waals surface area contributed by atoms with Crippen LogP contribution < -0.4 is 5.32 Å². The molecule has 2 nitrogen and oxygen atoms in total. The zero-order chi connectivity index (χ0) is 11.4. The van der Waals surface area contributed by atoms with Crippen molar-refractivity contribution in [3.63, 3.8) is 0 Å². The minimum atomic E-state index is 0.379. The fourth-order valence-corrected chi connectivity index (χ4v) is 1.36. The average molecular weight is 207 g/mol. The van der Waals surface area contributed by atoms with Crippen LogP contribution in [-0.4, -0.2) is 11.1 Å². The van der Waals surface area contributed by atoms with Crippen LogP contribution in [0, 0.1) is 12.8 Å². The van der Waals surface area contributed by atoms with Crippen LogP contribution in [0.3, 0.4) is 0 Å². The summed E-state index contributed by atoms with van der Waals surface area (Å²) < 4.78 is 0. The third-order valence-electron chi connectivity index (χ3n) is 2.85. The Kier molecular flexibility index (Phi) is 4.15. The zero-order valence-corrected chi connectivity index (χ0v) is 10.0. The Labute approximate surface area is 92.3 Å². The lowest BCUT2D eigenvalue weighted by atomic mass is 10.1. The predicted octanol–water partition coefficient (Wildman–Crippen LogP) is 2.83. The standard InChI is InChI=1S/C13H21NO/c1-9(2)11(4)14-8-12-7-10(3)5-6-13(12)15/h5-7,9,11,14-15H,8H2,1-4H3. The second kappa shape index (κ2) is 5.17. The normalized spacial score (nSPS) is 13.1. The van der Waals surface area contributed by atoms with Gasteiger partial charge in [-0.05, 0) is 25.8 Å². The molecule has 1 atom stereocenters. The van der Waals surface area contributed by atoms with Gasteiger partial charge in [-0.3, -0.25) is 0 Å². The third kappa shape index (κ3) is 3.56. The molecule has 0 heterocycles. The van der Waals surface area contributed by atoms with Crippen LogP contribution in [0.2, 0.25) is 0 Å². The molecule has 1 aromatic carbocycles. The molecule has 84 valence electrons. The van der Waals surface area contributed by atoms with E-state index in [1.165, 1.54) is 5.56 Å². The molecule has 2 heteroatoms. The molecule has 0 aliphatic carbocycles. The number of aromatic hydroxyl groups is 1. The van der Waals surface area contributed by atoms with Crippen molar-refractivity contribution in [3.05, 3.63) is 29.3 Å². The molecule has 15 heavy (non-hydrogen) atoms. The Morgan fingerprint density at radius 2 is 1.93 bits per heavy atom. The van der Waals surface area contributed by atoms with Gasteiger partial charge in [-0.25, -0.2) is 0 Å². The summed E-state index contributed by atoms with van der Waals surface area (Å²) in [5.74, 6) is 0.987. The number of rotatable bonds is 4. The zero-order valence-electron chi connectivity index (χ0n) is 10.0. The van der Waals surface area contributed by atoms with Gasteiger partial charge in [0.15, 0.2) is 0 Å². The highest BCUT2D eigenvalue weighted by atomic mass is 16.3. The highest BCUT2D eigenvalue weighted by molar-refractivity contribution is 5.35. The van der Waals surface area contributed by atoms with E-state index in [1.807, 2.05) is 19.1 Å². The first kappa shape index (κ1) is 12.1. The summed E-state index contributed by atoms with van der Waals surface area (Å²) in [6.45, 7) is 9.31. The van der Waals surface area contributed by atoms with Crippen molar-refractivity contribution in [3.8, 4) is 5.75 Å². The van der Waals surface area contributed by atoms with Crippen molar-refractivity contribution in [1.29, 1.82) is 0 Å². The molecule has 0 aliphatic heterocycles. The molecule has 0 saturated heterocycles. The van der Waals surface area contributed by atoms with E-state index in [2.05, 4.69) is 26.1 Å². The van der Waals surface area contributed by atoms with Crippen molar-refractivity contribution in [1.82, 2.24) is 5.32 Å². The van der Waals surface area contributed by atoms with Gasteiger partial charge in [-0.2, -0.15) is 0 Å². The SMILES string of the molecule is Cc1ccc(O)c(CNC(C)C(C)C)c1. The minimum absolute atomic E-state index is 0.379. The molecule has 0 spiro atoms. The van der Waals surface area contributed by atoms with Crippen LogP contribution in [0.15, 0.2) is 18.2 Å². The number of nitrogens with one attached hydrogen (secondary N) is 1. The monoisotopic (exact) mass is 207 g/mol. The molecule has 2 N–H and O–H groups in total. The Bertz CT molecular complexity index is 320. The van der Waals surface area contributed by atoms with Gasteiger partial charge >= 0.3 is 0 Å². The van der Waals surface area contributed by atoms with Crippen LogP contribution in [0.5, 0.6) is 5.75 Å². The van der Waals surface area contributed by atoms with E-state index in [9.17, 15) is 5.11 Å². The summed E-state index contributed by atoms with van der Waals surface area (Å²) in [6.07, 6.45) is 0. The fraction of sp³-hybridized carbons (Fsp3) is 0.538. The summed E-state index contributed by atoms with van der Waals surface area (Å²) in [5.41, 5.74) is 2.16. The van der Waals surface area contributed by atoms with Gasteiger partial charge in [0.25, 0.3) is 0 Å². The van der Waals surface area contributed by atoms with Gasteiger partial charge in [0.2, 0.25) is 0 Å². The lowest BCUT2D eigenvalue weighted by molar-refractivity contribution is 0.415. The number of phenolic OH excluding ortho intramolecular Hbond substituents is 1. The molecular formula is C13H21NO. The smallest absolute Gasteiger partial charge is 0.120 e. The topological polar surface area (TPSA) is 32.3 Å². The summed E-state index contributed by atoms with van der Waals surface area (Å²) >= 11 is 0. The highest BCUT2D eigenvalue weighted by Gasteiger charge is 2.07. The second-order valence-corrected chi connectivity index (χ2v) is 4.55. The van der Waals surface area contributed by atoms with Crippen LogP contribution in [0.4, 0.5) is 0 Å². The van der Waals surface area contributed by atoms with E-state index in [1.54, 1.807) is 6.07 Å². The lowest BCUT2D eigenvalue weighted by Crippen LogP contribution is -2.30. The maximum atomic E-state index is 9.65. The van der Waals surface area contributed by atoms with Crippen molar-refractivity contribution in [2.75, 3.05) is 0 Å². The molecule has 0 bridgehead atoms. The summed E-state index contributed by atoms with van der Waals surface area (Å²) in [6, 6.07) is 6.16. The Morgan fingerprint density at radius 1 is 1.27 bits per heavy atom. The number of benzene rings is 1. The largest absolute Gasteiger partial charge is 0.508 e. The number of hydrogen-bond donors (Lipinski definition) is 2. The molecular weight excluding hydrogens is 186 g/mol. The number of phenols is 1. The molecule has 0 aliphatic rings. The minimum Gasteiger partial charge on any atom is -0.508 e. The first-order chi connectivity index (χ1) is 7.00. The Hall–Kier alpha value is -1.02. The average Bonchev–Trinajstić information content (AvgIpc) is 2.18. The van der Waals surface area contributed by atoms with E-state index >= 15 is 0 Å². The fourth-order valence-electron chi connectivity index (χ4n) is 1.36. The van der Waals surface area contributed by atoms with Gasteiger partial charge in [-0.15, -0.1) is 0 Å². The lowest BCUT2D eigenvalue weighted by Gasteiger charge is -2.18. The van der Waals surface area contributed by atoms with E-state index in [0.29, 0.717) is 17.7 Å². The van der Waals surface area contributed by atoms with Gasteiger partial charge in [0.1, 0.15) is 5.75 Å². The summed E-state index contributed by atoms with van der Waals surface area (Å²) in [7, 11) is 0. The molecule has 1 rings (SSSR count). The van der Waals surface area contributed by atoms with Crippen molar-refractivity contribution in [2.24, 2.45) is 5.92 Å². The molecule has 0 amide bonds. The van der Waals surface area contributed by atoms with Gasteiger partial charge in [-0.1, -0.05) is 31.5 Å². The Morgan fingerprint density at radius 3 is 2.53 bits per heavy atom. The van der Waals surface area contributed by atoms with E-state index in [-0.39, 0.29) is 0 Å². The first-order valence-corrected chi connectivity index (χ1v) is 5.52. The number of aryl methyl sites for hydroxylation is 1. The van der Waals surface area contributed by atoms with Gasteiger partial charge in [0, 0.05) is 18.2 Å². The third-order valence-corrected chi connectivity index (χ3v) is 2.85. The molecule has 0 radical (unpaired) electrons. The van der Waals surface area contributed by atoms with Gasteiger partial charge < -0.3 is 10.4 Å². The summed E-state index contributed by atoms with van der Waals surface area (Å²) in [4.78, 5) is 0. The predicted molar refractivity (Wildman–Crippen MR) is 64.0 cm³/mol. The van der Waals surface area contributed by atoms with Crippen LogP contribution in [0.25, 0.3) is 0 Å². The van der Waals surface area contributed by atoms with E-state index < -0.39 is 0 Å². The van der Waals surface area contributed by atoms with Crippen LogP contribution >= 0.6 is 0 Å². The quantitative estimate of drug-likeness (QED) is 0.795. The number of hydrogen-bond acceptors (Lipinski definition) is 2. The van der Waals surface area contributed by atoms with E-state index in [0.717, 1.165) is 12.1 Å². The second-order valence-electron chi connectivity index (χ2n) is 4.55. The first-order valence-electron chi connectivity index (χ1n) is 5.52. The molecule has 0 aromatic heterocycles. The van der Waals surface area contributed by atoms with Gasteiger partial charge in [0.05, 0.1) is 0 Å². The molecule has 0 saturated carbocycles. The molecule has 1 aromatic rings. The maximum absolute atomic E-state index is 9.65. The van der Waals surface area contributed by atoms with Crippen molar-refractivity contribution >= 4 is 0 Å². The van der Waals surface area contributed by atoms with Crippen LogP contribution in [-0.2, 0) is 6.54 Å².